The number of aliphatic hydroxyl groups excluding tert-OH is 1. The number of hydrogen-bond acceptors (Lipinski definition) is 7. The minimum absolute atomic E-state index is 0.0384. The standard InChI is InChI=1S/C24H36F2N4O5.C12H22N2O2/c1-5-7-18(28-13-31)23(34)29-19(10-15-8-16(25)11-17(26)9-15)20(32)12-21(33)30-22(14(3)4)24(35)27-6-2;1-5-10(3)9-13-12(15)11(6-2)7-8-14-16-4/h8-9,11,13-14,18-20,22,32H,5-7,10,12H2,1-4H3,(H,27,35)(H,28,31)(H,29,34)(H,30,33);6-8,10,14H,5,9H2,1-4H3,(H,13,15)/p+1/b;8-7-,11-6+/t18?,19-,20?,22?;10-/m00/s1. The van der Waals surface area contributed by atoms with Crippen LogP contribution in [0.2, 0.25) is 0 Å². The van der Waals surface area contributed by atoms with E-state index in [2.05, 4.69) is 40.4 Å². The fraction of sp³-hybridized carbons (Fsp3) is 0.583. The molecule has 288 valence electrons. The zero-order valence-corrected chi connectivity index (χ0v) is 31.2. The Labute approximate surface area is 300 Å². The van der Waals surface area contributed by atoms with Gasteiger partial charge < -0.3 is 31.7 Å². The summed E-state index contributed by atoms with van der Waals surface area (Å²) in [5, 5.41) is 23.9. The highest BCUT2D eigenvalue weighted by Crippen LogP contribution is 2.14. The molecular formula is C36H59F2N6O7+. The van der Waals surface area contributed by atoms with Gasteiger partial charge in [-0.2, -0.15) is 5.48 Å². The summed E-state index contributed by atoms with van der Waals surface area (Å²) in [6, 6.07) is 0.000919. The molecule has 0 radical (unpaired) electrons. The summed E-state index contributed by atoms with van der Waals surface area (Å²) in [4.78, 5) is 64.9. The molecule has 0 bridgehead atoms. The number of allylic oxidation sites excluding steroid dienone is 1. The molecule has 0 spiro atoms. The second-order valence-corrected chi connectivity index (χ2v) is 12.4. The number of amides is 5. The van der Waals surface area contributed by atoms with E-state index in [1.807, 2.05) is 13.8 Å². The van der Waals surface area contributed by atoms with Crippen molar-refractivity contribution in [1.29, 1.82) is 0 Å². The molecule has 3 unspecified atom stereocenters. The average Bonchev–Trinajstić information content (AvgIpc) is 3.07. The Morgan fingerprint density at radius 2 is 1.63 bits per heavy atom. The SMILES string of the molecule is C/C=C(\C=C/[NH2+]OC)C(=O)NC[C@@H](C)CC.CCCC(NC=O)C(=O)N[C@@H](Cc1cc(F)cc(F)c1)C(O)CC(=O)NC(C(=O)NCC)C(C)C. The molecule has 8 N–H and O–H groups in total. The molecule has 1 aromatic carbocycles. The van der Waals surface area contributed by atoms with Gasteiger partial charge in [-0.05, 0) is 56.2 Å². The lowest BCUT2D eigenvalue weighted by Crippen LogP contribution is -2.75. The van der Waals surface area contributed by atoms with Crippen LogP contribution in [0.1, 0.15) is 79.7 Å². The molecule has 0 heterocycles. The Morgan fingerprint density at radius 1 is 0.980 bits per heavy atom. The molecule has 1 rings (SSSR count). The smallest absolute Gasteiger partial charge is 0.251 e. The van der Waals surface area contributed by atoms with Crippen molar-refractivity contribution in [2.24, 2.45) is 11.8 Å². The zero-order chi connectivity index (χ0) is 38.9. The summed E-state index contributed by atoms with van der Waals surface area (Å²) in [7, 11) is 1.57. The highest BCUT2D eigenvalue weighted by atomic mass is 19.1. The van der Waals surface area contributed by atoms with Gasteiger partial charge in [-0.1, -0.05) is 53.5 Å². The summed E-state index contributed by atoms with van der Waals surface area (Å²) < 4.78 is 27.4. The van der Waals surface area contributed by atoms with Crippen LogP contribution in [0.15, 0.2) is 42.1 Å². The highest BCUT2D eigenvalue weighted by molar-refractivity contribution is 5.96. The van der Waals surface area contributed by atoms with Gasteiger partial charge in [0.25, 0.3) is 5.91 Å². The van der Waals surface area contributed by atoms with E-state index < -0.39 is 54.1 Å². The van der Waals surface area contributed by atoms with Crippen LogP contribution in [0.4, 0.5) is 8.78 Å². The van der Waals surface area contributed by atoms with E-state index in [0.29, 0.717) is 49.9 Å². The van der Waals surface area contributed by atoms with Crippen molar-refractivity contribution in [1.82, 2.24) is 26.6 Å². The van der Waals surface area contributed by atoms with Gasteiger partial charge in [0.15, 0.2) is 0 Å². The lowest BCUT2D eigenvalue weighted by atomic mass is 9.97. The number of likely N-dealkylation sites (N-methyl/N-ethyl adjacent to an activating group) is 1. The van der Waals surface area contributed by atoms with E-state index in [1.54, 1.807) is 46.2 Å². The monoisotopic (exact) mass is 725 g/mol. The number of hydrogen-bond donors (Lipinski definition) is 7. The Balaban J connectivity index is 0.00000131. The Morgan fingerprint density at radius 3 is 2.14 bits per heavy atom. The van der Waals surface area contributed by atoms with Crippen molar-refractivity contribution in [3.8, 4) is 0 Å². The number of quaternary nitrogens is 1. The molecule has 5 atom stereocenters. The van der Waals surface area contributed by atoms with E-state index in [9.17, 15) is 37.9 Å². The number of carbonyl (C=O) groups excluding carboxylic acids is 5. The molecule has 1 aromatic rings. The van der Waals surface area contributed by atoms with E-state index in [4.69, 9.17) is 4.84 Å². The number of rotatable bonds is 22. The van der Waals surface area contributed by atoms with Crippen molar-refractivity contribution in [2.75, 3.05) is 20.2 Å². The van der Waals surface area contributed by atoms with Crippen LogP contribution in [-0.2, 0) is 35.2 Å². The first kappa shape index (κ1) is 46.8. The number of halogens is 2. The minimum atomic E-state index is -1.45. The van der Waals surface area contributed by atoms with E-state index in [-0.39, 0.29) is 29.7 Å². The van der Waals surface area contributed by atoms with Gasteiger partial charge in [-0.15, -0.1) is 0 Å². The lowest BCUT2D eigenvalue weighted by molar-refractivity contribution is -0.842. The normalized spacial score (nSPS) is 14.3. The second-order valence-electron chi connectivity index (χ2n) is 12.4. The van der Waals surface area contributed by atoms with Gasteiger partial charge in [0.2, 0.25) is 24.1 Å². The van der Waals surface area contributed by atoms with Crippen LogP contribution in [0.3, 0.4) is 0 Å². The maximum absolute atomic E-state index is 13.7. The number of nitrogens with two attached hydrogens (primary N) is 1. The molecule has 0 saturated heterocycles. The summed E-state index contributed by atoms with van der Waals surface area (Å²) >= 11 is 0. The number of benzene rings is 1. The average molecular weight is 726 g/mol. The van der Waals surface area contributed by atoms with Gasteiger partial charge in [0.1, 0.15) is 29.9 Å². The third-order valence-corrected chi connectivity index (χ3v) is 7.72. The molecule has 0 aliphatic carbocycles. The molecule has 51 heavy (non-hydrogen) atoms. The third-order valence-electron chi connectivity index (χ3n) is 7.72. The van der Waals surface area contributed by atoms with E-state index in [0.717, 1.165) is 18.6 Å². The molecule has 5 amide bonds. The summed E-state index contributed by atoms with van der Waals surface area (Å²) in [6.07, 6.45) is 5.46. The van der Waals surface area contributed by atoms with Gasteiger partial charge >= 0.3 is 0 Å². The first-order chi connectivity index (χ1) is 24.2. The number of carbonyl (C=O) groups is 5. The van der Waals surface area contributed by atoms with Crippen molar-refractivity contribution < 1.29 is 48.2 Å². The second kappa shape index (κ2) is 26.6. The Hall–Kier alpha value is -4.21. The largest absolute Gasteiger partial charge is 0.390 e. The van der Waals surface area contributed by atoms with Crippen LogP contribution in [-0.4, -0.2) is 79.6 Å². The van der Waals surface area contributed by atoms with Crippen LogP contribution in [0.25, 0.3) is 0 Å². The minimum Gasteiger partial charge on any atom is -0.390 e. The fourth-order valence-electron chi connectivity index (χ4n) is 4.63. The number of nitrogens with one attached hydrogen (secondary N) is 5. The zero-order valence-electron chi connectivity index (χ0n) is 31.2. The predicted molar refractivity (Wildman–Crippen MR) is 190 cm³/mol. The maximum Gasteiger partial charge on any atom is 0.251 e. The highest BCUT2D eigenvalue weighted by Gasteiger charge is 2.30. The van der Waals surface area contributed by atoms with Gasteiger partial charge in [-0.3, -0.25) is 24.0 Å². The topological polar surface area (TPSA) is 192 Å². The van der Waals surface area contributed by atoms with Crippen molar-refractivity contribution in [3.05, 3.63) is 59.3 Å². The summed E-state index contributed by atoms with van der Waals surface area (Å²) in [5.74, 6) is -3.02. The number of aliphatic hydroxyl groups is 1. The van der Waals surface area contributed by atoms with Crippen LogP contribution >= 0.6 is 0 Å². The van der Waals surface area contributed by atoms with Crippen LogP contribution < -0.4 is 32.1 Å². The molecule has 0 aliphatic rings. The molecule has 0 aliphatic heterocycles. The number of hydroxylamine groups is 1. The predicted octanol–water partition coefficient (Wildman–Crippen LogP) is 1.67. The Kier molecular flexibility index (Phi) is 24.4. The molecule has 15 heteroatoms. The van der Waals surface area contributed by atoms with E-state index >= 15 is 0 Å². The van der Waals surface area contributed by atoms with Crippen LogP contribution in [0, 0.1) is 23.5 Å². The van der Waals surface area contributed by atoms with Gasteiger partial charge in [-0.25, -0.2) is 13.6 Å². The third kappa shape index (κ3) is 19.7. The van der Waals surface area contributed by atoms with Crippen LogP contribution in [0.5, 0.6) is 0 Å². The van der Waals surface area contributed by atoms with Crippen molar-refractivity contribution in [2.45, 2.75) is 105 Å². The molecule has 0 saturated carbocycles. The molecule has 13 nitrogen and oxygen atoms in total. The Bertz CT molecular complexity index is 1270. The summed E-state index contributed by atoms with van der Waals surface area (Å²) in [5.41, 5.74) is 2.34. The quantitative estimate of drug-likeness (QED) is 0.0409. The van der Waals surface area contributed by atoms with E-state index in [1.165, 1.54) is 5.48 Å². The first-order valence-corrected chi connectivity index (χ1v) is 17.3. The first-order valence-electron chi connectivity index (χ1n) is 17.3. The maximum atomic E-state index is 13.7. The fourth-order valence-corrected chi connectivity index (χ4v) is 4.63. The summed E-state index contributed by atoms with van der Waals surface area (Å²) in [6.45, 7) is 14.2. The van der Waals surface area contributed by atoms with Gasteiger partial charge in [0, 0.05) is 30.8 Å². The van der Waals surface area contributed by atoms with Crippen molar-refractivity contribution >= 4 is 30.0 Å². The molecule has 0 fully saturated rings. The van der Waals surface area contributed by atoms with Crippen molar-refractivity contribution in [3.63, 3.8) is 0 Å². The van der Waals surface area contributed by atoms with Gasteiger partial charge in [0.05, 0.1) is 25.7 Å². The molecular weight excluding hydrogens is 666 g/mol. The lowest BCUT2D eigenvalue weighted by Gasteiger charge is -2.27. The molecule has 0 aromatic heterocycles.